The Hall–Kier alpha value is -1.09. The fourth-order valence-corrected chi connectivity index (χ4v) is 3.12. The van der Waals surface area contributed by atoms with Crippen molar-refractivity contribution in [2.24, 2.45) is 0 Å². The van der Waals surface area contributed by atoms with Crippen molar-refractivity contribution in [3.8, 4) is 0 Å². The first-order valence-corrected chi connectivity index (χ1v) is 7.72. The third-order valence-electron chi connectivity index (χ3n) is 4.43. The van der Waals surface area contributed by atoms with Gasteiger partial charge in [0, 0.05) is 51.5 Å². The van der Waals surface area contributed by atoms with E-state index in [9.17, 15) is 18.0 Å². The Balaban J connectivity index is 0.00000156. The number of carbonyl (C=O) groups excluding carboxylic acids is 1. The second-order valence-electron chi connectivity index (χ2n) is 5.91. The number of carbonyl (C=O) groups is 1. The van der Waals surface area contributed by atoms with Crippen LogP contribution in [0.5, 0.6) is 0 Å². The van der Waals surface area contributed by atoms with Crippen molar-refractivity contribution in [3.63, 3.8) is 0 Å². The lowest BCUT2D eigenvalue weighted by atomic mass is 10.2. The molecule has 3 heterocycles. The van der Waals surface area contributed by atoms with Crippen LogP contribution in [0.2, 0.25) is 0 Å². The van der Waals surface area contributed by atoms with Gasteiger partial charge < -0.3 is 10.2 Å². The topological polar surface area (TPSA) is 48.5 Å². The van der Waals surface area contributed by atoms with E-state index in [-0.39, 0.29) is 36.4 Å². The fourth-order valence-electron chi connectivity index (χ4n) is 3.12. The van der Waals surface area contributed by atoms with Crippen LogP contribution >= 0.6 is 24.8 Å². The highest BCUT2D eigenvalue weighted by atomic mass is 35.5. The van der Waals surface area contributed by atoms with E-state index in [0.717, 1.165) is 50.9 Å². The van der Waals surface area contributed by atoms with Gasteiger partial charge in [-0.05, 0) is 18.6 Å². The molecule has 0 radical (unpaired) electrons. The van der Waals surface area contributed by atoms with Gasteiger partial charge in [-0.3, -0.25) is 14.7 Å². The summed E-state index contributed by atoms with van der Waals surface area (Å²) in [7, 11) is 0. The molecule has 0 bridgehead atoms. The summed E-state index contributed by atoms with van der Waals surface area (Å²) < 4.78 is 37.6. The average Bonchev–Trinajstić information content (AvgIpc) is 3.04. The zero-order valence-electron chi connectivity index (χ0n) is 13.5. The van der Waals surface area contributed by atoms with Gasteiger partial charge in [0.2, 0.25) is 0 Å². The number of piperazine rings is 1. The van der Waals surface area contributed by atoms with E-state index >= 15 is 0 Å². The first-order valence-electron chi connectivity index (χ1n) is 7.72. The zero-order valence-corrected chi connectivity index (χ0v) is 15.1. The molecule has 0 aromatic carbocycles. The van der Waals surface area contributed by atoms with Gasteiger partial charge in [0.15, 0.2) is 0 Å². The molecule has 0 saturated carbocycles. The van der Waals surface area contributed by atoms with Gasteiger partial charge in [-0.1, -0.05) is 0 Å². The Labute approximate surface area is 156 Å². The lowest BCUT2D eigenvalue weighted by Crippen LogP contribution is -2.49. The Kier molecular flexibility index (Phi) is 7.92. The summed E-state index contributed by atoms with van der Waals surface area (Å²) >= 11 is 0. The number of rotatable bonds is 2. The molecule has 3 rings (SSSR count). The lowest BCUT2D eigenvalue weighted by molar-refractivity contribution is -0.137. The molecule has 2 fully saturated rings. The summed E-state index contributed by atoms with van der Waals surface area (Å²) in [5, 5.41) is 3.29. The van der Waals surface area contributed by atoms with Crippen molar-refractivity contribution >= 4 is 30.7 Å². The minimum Gasteiger partial charge on any atom is -0.336 e. The van der Waals surface area contributed by atoms with Crippen molar-refractivity contribution < 1.29 is 18.0 Å². The normalized spacial score (nSPS) is 21.4. The Morgan fingerprint density at radius 2 is 1.84 bits per heavy atom. The Bertz CT molecular complexity index is 565. The molecule has 142 valence electrons. The number of pyridine rings is 1. The predicted octanol–water partition coefficient (Wildman–Crippen LogP) is 2.06. The number of halogens is 5. The fraction of sp³-hybridized carbons (Fsp3) is 0.600. The molecule has 1 aromatic rings. The molecule has 25 heavy (non-hydrogen) atoms. The second kappa shape index (κ2) is 9.02. The molecule has 2 saturated heterocycles. The molecule has 1 unspecified atom stereocenters. The summed E-state index contributed by atoms with van der Waals surface area (Å²) in [6.07, 6.45) is -2.82. The molecular formula is C15H21Cl2F3N4O. The van der Waals surface area contributed by atoms with Crippen LogP contribution in [0.3, 0.4) is 0 Å². The van der Waals surface area contributed by atoms with E-state index in [1.165, 1.54) is 0 Å². The predicted molar refractivity (Wildman–Crippen MR) is 92.5 cm³/mol. The first kappa shape index (κ1) is 22.0. The van der Waals surface area contributed by atoms with Crippen molar-refractivity contribution in [1.82, 2.24) is 20.1 Å². The Morgan fingerprint density at radius 1 is 1.16 bits per heavy atom. The smallest absolute Gasteiger partial charge is 0.336 e. The van der Waals surface area contributed by atoms with Crippen molar-refractivity contribution in [2.45, 2.75) is 18.6 Å². The van der Waals surface area contributed by atoms with Crippen LogP contribution in [-0.2, 0) is 6.18 Å². The summed E-state index contributed by atoms with van der Waals surface area (Å²) in [5.74, 6) is -0.295. The molecule has 0 spiro atoms. The van der Waals surface area contributed by atoms with Gasteiger partial charge in [-0.2, -0.15) is 13.2 Å². The largest absolute Gasteiger partial charge is 0.417 e. The number of aromatic nitrogens is 1. The maximum atomic E-state index is 12.5. The number of hydrogen-bond donors (Lipinski definition) is 1. The van der Waals surface area contributed by atoms with Crippen molar-refractivity contribution in [2.75, 3.05) is 39.3 Å². The minimum absolute atomic E-state index is 0. The van der Waals surface area contributed by atoms with Gasteiger partial charge in [-0.25, -0.2) is 0 Å². The van der Waals surface area contributed by atoms with Crippen LogP contribution in [0.25, 0.3) is 0 Å². The molecule has 2 aliphatic heterocycles. The van der Waals surface area contributed by atoms with E-state index in [0.29, 0.717) is 19.1 Å². The number of nitrogens with zero attached hydrogens (tertiary/aromatic N) is 3. The van der Waals surface area contributed by atoms with Crippen molar-refractivity contribution in [1.29, 1.82) is 0 Å². The quantitative estimate of drug-likeness (QED) is 0.825. The standard InChI is InChI=1S/C15H19F3N4O.2ClH/c16-15(17,18)11-1-2-13(20-9-11)14(23)22-6-3-12(10-22)21-7-4-19-5-8-21;;/h1-2,9,12,19H,3-8,10H2;2*1H. The highest BCUT2D eigenvalue weighted by Crippen LogP contribution is 2.28. The maximum absolute atomic E-state index is 12.5. The van der Waals surface area contributed by atoms with E-state index in [4.69, 9.17) is 0 Å². The summed E-state index contributed by atoms with van der Waals surface area (Å²) in [5.41, 5.74) is -0.770. The van der Waals surface area contributed by atoms with Crippen LogP contribution in [-0.4, -0.2) is 66.0 Å². The monoisotopic (exact) mass is 400 g/mol. The number of nitrogens with one attached hydrogen (secondary N) is 1. The first-order chi connectivity index (χ1) is 10.9. The molecule has 0 aliphatic carbocycles. The molecule has 1 N–H and O–H groups in total. The summed E-state index contributed by atoms with van der Waals surface area (Å²) in [6, 6.07) is 2.39. The minimum atomic E-state index is -4.43. The third-order valence-corrected chi connectivity index (χ3v) is 4.43. The number of alkyl halides is 3. The van der Waals surface area contributed by atoms with E-state index in [2.05, 4.69) is 15.2 Å². The highest BCUT2D eigenvalue weighted by molar-refractivity contribution is 5.92. The van der Waals surface area contributed by atoms with Crippen molar-refractivity contribution in [3.05, 3.63) is 29.6 Å². The number of hydrogen-bond acceptors (Lipinski definition) is 4. The van der Waals surface area contributed by atoms with Crippen LogP contribution in [0.15, 0.2) is 18.3 Å². The molecule has 1 aromatic heterocycles. The van der Waals surface area contributed by atoms with E-state index < -0.39 is 11.7 Å². The molecule has 1 amide bonds. The SMILES string of the molecule is Cl.Cl.O=C(c1ccc(C(F)(F)F)cn1)N1CCC(N2CCNCC2)C1. The van der Waals surface area contributed by atoms with Gasteiger partial charge in [0.1, 0.15) is 5.69 Å². The Morgan fingerprint density at radius 3 is 2.40 bits per heavy atom. The molecule has 10 heteroatoms. The van der Waals surface area contributed by atoms with Gasteiger partial charge in [-0.15, -0.1) is 24.8 Å². The zero-order chi connectivity index (χ0) is 16.4. The van der Waals surface area contributed by atoms with Gasteiger partial charge >= 0.3 is 6.18 Å². The van der Waals surface area contributed by atoms with Crippen LogP contribution < -0.4 is 5.32 Å². The average molecular weight is 401 g/mol. The van der Waals surface area contributed by atoms with E-state index in [1.54, 1.807) is 4.90 Å². The van der Waals surface area contributed by atoms with Gasteiger partial charge in [0.25, 0.3) is 5.91 Å². The van der Waals surface area contributed by atoms with Crippen LogP contribution in [0, 0.1) is 0 Å². The molecule has 5 nitrogen and oxygen atoms in total. The van der Waals surface area contributed by atoms with E-state index in [1.807, 2.05) is 0 Å². The number of likely N-dealkylation sites (tertiary alicyclic amines) is 1. The molecule has 1 atom stereocenters. The second-order valence-corrected chi connectivity index (χ2v) is 5.91. The summed E-state index contributed by atoms with van der Waals surface area (Å²) in [6.45, 7) is 5.06. The maximum Gasteiger partial charge on any atom is 0.417 e. The lowest BCUT2D eigenvalue weighted by Gasteiger charge is -2.32. The highest BCUT2D eigenvalue weighted by Gasteiger charge is 2.33. The summed E-state index contributed by atoms with van der Waals surface area (Å²) in [4.78, 5) is 20.1. The van der Waals surface area contributed by atoms with Crippen LogP contribution in [0.1, 0.15) is 22.5 Å². The molecule has 2 aliphatic rings. The third kappa shape index (κ3) is 5.20. The van der Waals surface area contributed by atoms with Crippen LogP contribution in [0.4, 0.5) is 13.2 Å². The number of amides is 1. The van der Waals surface area contributed by atoms with Gasteiger partial charge in [0.05, 0.1) is 5.56 Å². The molecular weight excluding hydrogens is 380 g/mol.